The highest BCUT2D eigenvalue weighted by Gasteiger charge is 2.40. The first-order valence-corrected chi connectivity index (χ1v) is 12.5. The number of alkyl halides is 3. The first-order valence-electron chi connectivity index (χ1n) is 10.8. The Morgan fingerprint density at radius 1 is 1.26 bits per heavy atom. The molecule has 11 heteroatoms. The molecule has 0 aliphatic heterocycles. The van der Waals surface area contributed by atoms with Crippen molar-refractivity contribution in [1.82, 2.24) is 14.8 Å². The fourth-order valence-electron chi connectivity index (χ4n) is 3.73. The Bertz CT molecular complexity index is 1240. The van der Waals surface area contributed by atoms with Crippen LogP contribution in [0.4, 0.5) is 17.6 Å². The molecule has 186 valence electrons. The Morgan fingerprint density at radius 2 is 1.97 bits per heavy atom. The average molecular weight is 526 g/mol. The van der Waals surface area contributed by atoms with E-state index in [1.165, 1.54) is 23.5 Å². The van der Waals surface area contributed by atoms with Gasteiger partial charge in [0.1, 0.15) is 5.82 Å². The Labute approximate surface area is 208 Å². The lowest BCUT2D eigenvalue weighted by molar-refractivity contribution is -0.191. The van der Waals surface area contributed by atoms with Gasteiger partial charge in [0.15, 0.2) is 0 Å². The number of hydrogen-bond donors (Lipinski definition) is 0. The van der Waals surface area contributed by atoms with Gasteiger partial charge in [0.05, 0.1) is 21.5 Å². The van der Waals surface area contributed by atoms with Gasteiger partial charge in [0, 0.05) is 17.0 Å². The maximum absolute atomic E-state index is 13.7. The second-order valence-electron chi connectivity index (χ2n) is 8.21. The number of benzene rings is 1. The highest BCUT2D eigenvalue weighted by molar-refractivity contribution is 8.01. The van der Waals surface area contributed by atoms with Crippen LogP contribution in [0.15, 0.2) is 40.7 Å². The summed E-state index contributed by atoms with van der Waals surface area (Å²) < 4.78 is 55.5. The van der Waals surface area contributed by atoms with E-state index in [1.54, 1.807) is 28.6 Å². The summed E-state index contributed by atoms with van der Waals surface area (Å²) in [6.07, 6.45) is 0.0277. The number of thiazole rings is 1. The molecule has 0 radical (unpaired) electrons. The number of aromatic nitrogens is 3. The Kier molecular flexibility index (Phi) is 8.69. The third-order valence-electron chi connectivity index (χ3n) is 5.34. The highest BCUT2D eigenvalue weighted by atomic mass is 32.2. The molecule has 0 saturated carbocycles. The second-order valence-corrected chi connectivity index (χ2v) is 11.0. The molecule has 1 aliphatic rings. The van der Waals surface area contributed by atoms with E-state index in [2.05, 4.69) is 18.9 Å². The monoisotopic (exact) mass is 525 g/mol. The van der Waals surface area contributed by atoms with E-state index in [0.29, 0.717) is 16.8 Å². The van der Waals surface area contributed by atoms with E-state index in [0.717, 1.165) is 32.3 Å². The van der Waals surface area contributed by atoms with Crippen molar-refractivity contribution < 1.29 is 27.2 Å². The van der Waals surface area contributed by atoms with Crippen LogP contribution in [0.25, 0.3) is 21.8 Å². The molecule has 0 amide bonds. The molecular formula is C24H23F4N3O2S2. The van der Waals surface area contributed by atoms with E-state index < -0.39 is 12.1 Å². The van der Waals surface area contributed by atoms with Gasteiger partial charge in [0.25, 0.3) is 0 Å². The van der Waals surface area contributed by atoms with Gasteiger partial charge < -0.3 is 0 Å². The zero-order valence-corrected chi connectivity index (χ0v) is 20.9. The van der Waals surface area contributed by atoms with Gasteiger partial charge in [-0.3, -0.25) is 0 Å². The molecule has 3 aromatic rings. The van der Waals surface area contributed by atoms with Crippen LogP contribution in [0, 0.1) is 18.7 Å². The van der Waals surface area contributed by atoms with Crippen LogP contribution >= 0.6 is 23.1 Å². The second kappa shape index (κ2) is 11.3. The maximum Gasteiger partial charge on any atom is 0.392 e. The van der Waals surface area contributed by atoms with E-state index in [9.17, 15) is 17.6 Å². The smallest absolute Gasteiger partial charge is 0.217 e. The lowest BCUT2D eigenvalue weighted by Crippen LogP contribution is -2.24. The normalized spacial score (nSPS) is 15.9. The molecule has 5 nitrogen and oxygen atoms in total. The molecule has 2 heterocycles. The number of allylic oxidation sites excluding steroid dienone is 2. The van der Waals surface area contributed by atoms with Crippen molar-refractivity contribution in [2.45, 2.75) is 55.7 Å². The molecule has 0 spiro atoms. The molecule has 4 rings (SSSR count). The first-order chi connectivity index (χ1) is 16.5. The number of thioether (sulfide) groups is 1. The van der Waals surface area contributed by atoms with Gasteiger partial charge in [0.2, 0.25) is 5.13 Å². The van der Waals surface area contributed by atoms with Crippen LogP contribution in [0.1, 0.15) is 44.5 Å². The van der Waals surface area contributed by atoms with Crippen LogP contribution < -0.4 is 0 Å². The Morgan fingerprint density at radius 3 is 2.54 bits per heavy atom. The van der Waals surface area contributed by atoms with E-state index in [1.807, 2.05) is 19.2 Å². The molecule has 0 N–H and O–H groups in total. The molecular weight excluding hydrogens is 502 g/mol. The van der Waals surface area contributed by atoms with Crippen molar-refractivity contribution in [2.75, 3.05) is 0 Å². The van der Waals surface area contributed by atoms with Gasteiger partial charge in [-0.1, -0.05) is 43.4 Å². The Balaban J connectivity index is 0.00000108. The summed E-state index contributed by atoms with van der Waals surface area (Å²) in [4.78, 5) is 21.0. The van der Waals surface area contributed by atoms with Crippen molar-refractivity contribution in [3.63, 3.8) is 0 Å². The minimum atomic E-state index is -4.16. The molecule has 1 atom stereocenters. The number of rotatable bonds is 5. The van der Waals surface area contributed by atoms with Gasteiger partial charge in [-0.15, -0.1) is 11.8 Å². The summed E-state index contributed by atoms with van der Waals surface area (Å²) in [5, 5.41) is 5.52. The summed E-state index contributed by atoms with van der Waals surface area (Å²) >= 11 is 3.13. The molecule has 0 bridgehead atoms. The predicted molar refractivity (Wildman–Crippen MR) is 127 cm³/mol. The fraction of sp³-hybridized carbons (Fsp3) is 0.375. The van der Waals surface area contributed by atoms with Crippen molar-refractivity contribution in [3.05, 3.63) is 53.7 Å². The van der Waals surface area contributed by atoms with Gasteiger partial charge in [-0.05, 0) is 49.5 Å². The summed E-state index contributed by atoms with van der Waals surface area (Å²) in [6.45, 7) is 6.00. The van der Waals surface area contributed by atoms with Crippen LogP contribution in [-0.2, 0) is 9.59 Å². The van der Waals surface area contributed by atoms with Crippen molar-refractivity contribution in [1.29, 1.82) is 0 Å². The summed E-state index contributed by atoms with van der Waals surface area (Å²) in [7, 11) is 0. The lowest BCUT2D eigenvalue weighted by Gasteiger charge is -2.23. The quantitative estimate of drug-likeness (QED) is 0.262. The highest BCUT2D eigenvalue weighted by Crippen LogP contribution is 2.44. The molecule has 2 aromatic heterocycles. The summed E-state index contributed by atoms with van der Waals surface area (Å²) in [6, 6.07) is 6.34. The molecule has 1 aromatic carbocycles. The van der Waals surface area contributed by atoms with E-state index in [-0.39, 0.29) is 24.8 Å². The van der Waals surface area contributed by atoms with Gasteiger partial charge >= 0.3 is 12.3 Å². The van der Waals surface area contributed by atoms with E-state index >= 15 is 0 Å². The zero-order chi connectivity index (χ0) is 25.8. The maximum atomic E-state index is 13.7. The zero-order valence-electron chi connectivity index (χ0n) is 19.2. The largest absolute Gasteiger partial charge is 0.392 e. The lowest BCUT2D eigenvalue weighted by atomic mass is 9.88. The third-order valence-corrected chi connectivity index (χ3v) is 7.59. The number of aryl methyl sites for hydroxylation is 1. The van der Waals surface area contributed by atoms with Crippen molar-refractivity contribution in [3.8, 4) is 16.3 Å². The third kappa shape index (κ3) is 6.68. The topological polar surface area (TPSA) is 64.8 Å². The van der Waals surface area contributed by atoms with Crippen LogP contribution in [-0.4, -0.2) is 32.3 Å². The van der Waals surface area contributed by atoms with Gasteiger partial charge in [-0.25, -0.2) is 14.1 Å². The minimum Gasteiger partial charge on any atom is -0.217 e. The van der Waals surface area contributed by atoms with Crippen molar-refractivity contribution >= 4 is 34.8 Å². The average Bonchev–Trinajstić information content (AvgIpc) is 3.37. The molecule has 0 saturated heterocycles. The first kappa shape index (κ1) is 26.8. The summed E-state index contributed by atoms with van der Waals surface area (Å²) in [5.74, 6) is -1.60. The number of carbonyl (C=O) groups excluding carboxylic acids is 2. The Hall–Kier alpha value is -2.75. The van der Waals surface area contributed by atoms with Gasteiger partial charge in [-0.2, -0.15) is 27.9 Å². The fourth-order valence-corrected chi connectivity index (χ4v) is 6.21. The standard InChI is InChI=1S/C23H23F4N3S2.CO2/c1-13(2)31-21-20(15-7-9-17(10-8-15)23(25,26)27)28-22(32-21)30-12-19(14(3)29-30)16-5-4-6-18(24)11-16;2-1-3/h4-7,11-13,17H,8-10H2,1-3H3;. The number of nitrogens with zero attached hydrogens (tertiary/aromatic N) is 3. The molecule has 1 unspecified atom stereocenters. The number of halogens is 4. The molecule has 0 fully saturated rings. The predicted octanol–water partition coefficient (Wildman–Crippen LogP) is 7.11. The van der Waals surface area contributed by atoms with Crippen LogP contribution in [0.2, 0.25) is 0 Å². The van der Waals surface area contributed by atoms with Crippen LogP contribution in [0.5, 0.6) is 0 Å². The van der Waals surface area contributed by atoms with Crippen LogP contribution in [0.3, 0.4) is 0 Å². The SMILES string of the molecule is Cc1nn(-c2nc(C3=CCC(C(F)(F)F)CC3)c(SC(C)C)s2)cc1-c1cccc(F)c1.O=C=O. The van der Waals surface area contributed by atoms with E-state index in [4.69, 9.17) is 14.6 Å². The molecule has 1 aliphatic carbocycles. The summed E-state index contributed by atoms with van der Waals surface area (Å²) in [5.41, 5.74) is 3.91. The van der Waals surface area contributed by atoms with Crippen molar-refractivity contribution in [2.24, 2.45) is 5.92 Å². The molecule has 35 heavy (non-hydrogen) atoms. The number of hydrogen-bond acceptors (Lipinski definition) is 6. The minimum absolute atomic E-state index is 0.0118.